The van der Waals surface area contributed by atoms with E-state index in [0.29, 0.717) is 0 Å². The highest BCUT2D eigenvalue weighted by Gasteiger charge is 2.42. The topological polar surface area (TPSA) is 164 Å². The molecule has 8 heteroatoms. The third kappa shape index (κ3) is 4.47. The average Bonchev–Trinajstić information content (AvgIpc) is 2.24. The number of carbonyl (C=O) groups excluding carboxylic acids is 1. The fourth-order valence-electron chi connectivity index (χ4n) is 1.15. The van der Waals surface area contributed by atoms with Gasteiger partial charge >= 0.3 is 11.9 Å². The summed E-state index contributed by atoms with van der Waals surface area (Å²) in [5.74, 6) is -3.81. The molecule has 0 aliphatic carbocycles. The van der Waals surface area contributed by atoms with E-state index in [4.69, 9.17) is 26.8 Å². The Hall–Kier alpha value is -1.51. The van der Waals surface area contributed by atoms with Gasteiger partial charge in [-0.3, -0.25) is 9.59 Å². The molecule has 0 radical (unpaired) electrons. The first-order valence-corrected chi connectivity index (χ1v) is 4.89. The lowest BCUT2D eigenvalue weighted by Crippen LogP contribution is -2.56. The second-order valence-electron chi connectivity index (χ2n) is 3.69. The van der Waals surface area contributed by atoms with Gasteiger partial charge in [-0.1, -0.05) is 0 Å². The van der Waals surface area contributed by atoms with Crippen molar-refractivity contribution in [2.75, 3.05) is 6.54 Å². The van der Waals surface area contributed by atoms with Crippen molar-refractivity contribution in [3.8, 4) is 0 Å². The van der Waals surface area contributed by atoms with Gasteiger partial charge in [0.2, 0.25) is 0 Å². The van der Waals surface area contributed by atoms with Gasteiger partial charge in [-0.2, -0.15) is 0 Å². The molecule has 0 aromatic rings. The van der Waals surface area contributed by atoms with Crippen LogP contribution in [0.3, 0.4) is 0 Å². The van der Waals surface area contributed by atoms with E-state index < -0.39 is 48.6 Å². The second-order valence-corrected chi connectivity index (χ2v) is 3.69. The van der Waals surface area contributed by atoms with Crippen LogP contribution in [0.5, 0.6) is 0 Å². The number of carbonyl (C=O) groups is 3. The van der Waals surface area contributed by atoms with Crippen molar-refractivity contribution >= 4 is 17.7 Å². The first-order valence-electron chi connectivity index (χ1n) is 4.89. The van der Waals surface area contributed by atoms with E-state index in [2.05, 4.69) is 0 Å². The molecule has 0 aliphatic rings. The Morgan fingerprint density at radius 3 is 2.12 bits per heavy atom. The number of ketones is 1. The van der Waals surface area contributed by atoms with Gasteiger partial charge in [-0.15, -0.1) is 0 Å². The maximum absolute atomic E-state index is 11.6. The van der Waals surface area contributed by atoms with E-state index in [1.165, 1.54) is 0 Å². The van der Waals surface area contributed by atoms with Crippen LogP contribution in [-0.2, 0) is 14.4 Å². The normalized spacial score (nSPS) is 15.9. The lowest BCUT2D eigenvalue weighted by Gasteiger charge is -2.23. The Kier molecular flexibility index (Phi) is 5.72. The summed E-state index contributed by atoms with van der Waals surface area (Å²) in [5, 5.41) is 26.4. The Balaban J connectivity index is 4.75. The first kappa shape index (κ1) is 15.5. The molecule has 98 valence electrons. The Bertz CT molecular complexity index is 319. The van der Waals surface area contributed by atoms with Crippen LogP contribution in [0.2, 0.25) is 0 Å². The van der Waals surface area contributed by atoms with Gasteiger partial charge in [-0.25, -0.2) is 4.79 Å². The summed E-state index contributed by atoms with van der Waals surface area (Å²) in [6.07, 6.45) is -2.78. The number of aliphatic carboxylic acids is 2. The monoisotopic (exact) mass is 248 g/mol. The van der Waals surface area contributed by atoms with Crippen molar-refractivity contribution in [2.24, 2.45) is 11.5 Å². The molecule has 17 heavy (non-hydrogen) atoms. The molecule has 0 spiro atoms. The number of Topliss-reactive ketones (excluding diaryl/α,β-unsaturated/α-hetero) is 1. The van der Waals surface area contributed by atoms with E-state index in [-0.39, 0.29) is 6.54 Å². The highest BCUT2D eigenvalue weighted by molar-refractivity contribution is 6.07. The zero-order chi connectivity index (χ0) is 13.6. The number of rotatable bonds is 8. The van der Waals surface area contributed by atoms with Crippen LogP contribution in [0.4, 0.5) is 0 Å². The molecule has 0 aromatic heterocycles. The zero-order valence-corrected chi connectivity index (χ0v) is 9.13. The SMILES string of the molecule is NCC(O)CC(=O)C(N)(CCC(=O)O)C(=O)O. The number of hydrogen-bond acceptors (Lipinski definition) is 6. The van der Waals surface area contributed by atoms with E-state index in [0.717, 1.165) is 0 Å². The molecule has 0 heterocycles. The van der Waals surface area contributed by atoms with Crippen molar-refractivity contribution in [1.29, 1.82) is 0 Å². The Morgan fingerprint density at radius 1 is 1.24 bits per heavy atom. The van der Waals surface area contributed by atoms with Crippen LogP contribution < -0.4 is 11.5 Å². The van der Waals surface area contributed by atoms with Crippen molar-refractivity contribution in [2.45, 2.75) is 30.9 Å². The molecule has 0 amide bonds. The second kappa shape index (κ2) is 6.28. The maximum atomic E-state index is 11.6. The van der Waals surface area contributed by atoms with Crippen molar-refractivity contribution in [1.82, 2.24) is 0 Å². The van der Waals surface area contributed by atoms with E-state index in [1.807, 2.05) is 0 Å². The minimum Gasteiger partial charge on any atom is -0.481 e. The average molecular weight is 248 g/mol. The zero-order valence-electron chi connectivity index (χ0n) is 9.13. The maximum Gasteiger partial charge on any atom is 0.331 e. The van der Waals surface area contributed by atoms with Gasteiger partial charge < -0.3 is 26.8 Å². The quantitative estimate of drug-likeness (QED) is 0.305. The lowest BCUT2D eigenvalue weighted by molar-refractivity contribution is -0.149. The number of aliphatic hydroxyl groups is 1. The molecule has 2 unspecified atom stereocenters. The summed E-state index contributed by atoms with van der Waals surface area (Å²) in [6, 6.07) is 0. The van der Waals surface area contributed by atoms with Gasteiger partial charge in [0.25, 0.3) is 0 Å². The molecule has 0 bridgehead atoms. The summed E-state index contributed by atoms with van der Waals surface area (Å²) in [6.45, 7) is -0.208. The van der Waals surface area contributed by atoms with Crippen molar-refractivity contribution in [3.63, 3.8) is 0 Å². The standard InChI is InChI=1S/C9H16N2O6/c10-4-5(12)3-6(13)9(11,8(16)17)2-1-7(14)15/h5,12H,1-4,10-11H2,(H,14,15)(H,16,17). The molecule has 0 fully saturated rings. The van der Waals surface area contributed by atoms with Crippen LogP contribution in [0.15, 0.2) is 0 Å². The molecule has 0 saturated heterocycles. The molecular weight excluding hydrogens is 232 g/mol. The van der Waals surface area contributed by atoms with Crippen LogP contribution in [0, 0.1) is 0 Å². The van der Waals surface area contributed by atoms with Crippen molar-refractivity contribution in [3.05, 3.63) is 0 Å². The highest BCUT2D eigenvalue weighted by Crippen LogP contribution is 2.15. The summed E-state index contributed by atoms with van der Waals surface area (Å²) in [5.41, 5.74) is 8.15. The largest absolute Gasteiger partial charge is 0.481 e. The highest BCUT2D eigenvalue weighted by atomic mass is 16.4. The van der Waals surface area contributed by atoms with E-state index >= 15 is 0 Å². The Morgan fingerprint density at radius 2 is 1.76 bits per heavy atom. The molecule has 7 N–H and O–H groups in total. The number of nitrogens with two attached hydrogens (primary N) is 2. The van der Waals surface area contributed by atoms with Gasteiger partial charge in [0.1, 0.15) is 0 Å². The lowest BCUT2D eigenvalue weighted by atomic mass is 9.87. The smallest absolute Gasteiger partial charge is 0.331 e. The van der Waals surface area contributed by atoms with Crippen LogP contribution >= 0.6 is 0 Å². The predicted octanol–water partition coefficient (Wildman–Crippen LogP) is -2.09. The molecule has 0 rings (SSSR count). The van der Waals surface area contributed by atoms with Gasteiger partial charge in [-0.05, 0) is 6.42 Å². The third-order valence-electron chi connectivity index (χ3n) is 2.31. The summed E-state index contributed by atoms with van der Waals surface area (Å²) in [4.78, 5) is 32.8. The summed E-state index contributed by atoms with van der Waals surface area (Å²) in [7, 11) is 0. The van der Waals surface area contributed by atoms with Gasteiger partial charge in [0.15, 0.2) is 11.3 Å². The minimum atomic E-state index is -2.30. The summed E-state index contributed by atoms with van der Waals surface area (Å²) < 4.78 is 0. The molecular formula is C9H16N2O6. The fraction of sp³-hybridized carbons (Fsp3) is 0.667. The molecule has 0 aromatic carbocycles. The van der Waals surface area contributed by atoms with Gasteiger partial charge in [0.05, 0.1) is 6.10 Å². The van der Waals surface area contributed by atoms with E-state index in [9.17, 15) is 14.4 Å². The van der Waals surface area contributed by atoms with Crippen LogP contribution in [0.1, 0.15) is 19.3 Å². The fourth-order valence-corrected chi connectivity index (χ4v) is 1.15. The third-order valence-corrected chi connectivity index (χ3v) is 2.31. The number of aliphatic hydroxyl groups excluding tert-OH is 1. The van der Waals surface area contributed by atoms with Crippen molar-refractivity contribution < 1.29 is 29.7 Å². The summed E-state index contributed by atoms with van der Waals surface area (Å²) >= 11 is 0. The number of carboxylic acids is 2. The van der Waals surface area contributed by atoms with Crippen LogP contribution in [-0.4, -0.2) is 51.2 Å². The molecule has 2 atom stereocenters. The number of hydrogen-bond donors (Lipinski definition) is 5. The molecule has 8 nitrogen and oxygen atoms in total. The van der Waals surface area contributed by atoms with Crippen LogP contribution in [0.25, 0.3) is 0 Å². The first-order chi connectivity index (χ1) is 7.74. The minimum absolute atomic E-state index is 0.208. The molecule has 0 aliphatic heterocycles. The van der Waals surface area contributed by atoms with E-state index in [1.54, 1.807) is 0 Å². The molecule has 0 saturated carbocycles. The Labute approximate surface area is 97.2 Å². The predicted molar refractivity (Wildman–Crippen MR) is 56.1 cm³/mol. The van der Waals surface area contributed by atoms with Gasteiger partial charge in [0, 0.05) is 19.4 Å². The number of carboxylic acid groups (broad SMARTS) is 2.